The quantitative estimate of drug-likeness (QED) is 0.350. The van der Waals surface area contributed by atoms with E-state index >= 15 is 0 Å². The molecule has 0 atom stereocenters. The maximum atomic E-state index is 11.9. The largest absolute Gasteiger partial charge is 0.354 e. The summed E-state index contributed by atoms with van der Waals surface area (Å²) in [5.41, 5.74) is 3.81. The van der Waals surface area contributed by atoms with Gasteiger partial charge in [0.25, 0.3) is 0 Å². The Balaban J connectivity index is 1.25. The Morgan fingerprint density at radius 2 is 1.80 bits per heavy atom. The van der Waals surface area contributed by atoms with Crippen molar-refractivity contribution in [3.8, 4) is 0 Å². The first-order chi connectivity index (χ1) is 17.2. The van der Waals surface area contributed by atoms with Gasteiger partial charge in [-0.15, -0.1) is 5.10 Å². The van der Waals surface area contributed by atoms with Crippen LogP contribution in [0.15, 0.2) is 48.5 Å². The number of rotatable bonds is 8. The van der Waals surface area contributed by atoms with Gasteiger partial charge in [0, 0.05) is 44.4 Å². The summed E-state index contributed by atoms with van der Waals surface area (Å²) in [5.74, 6) is 2.69. The van der Waals surface area contributed by atoms with E-state index < -0.39 is 0 Å². The molecular weight excluding hydrogens is 440 g/mol. The highest BCUT2D eigenvalue weighted by molar-refractivity contribution is 5.92. The summed E-state index contributed by atoms with van der Waals surface area (Å²) in [4.78, 5) is 28.2. The fraction of sp³-hybridized carbons (Fsp3) is 0.346. The predicted molar refractivity (Wildman–Crippen MR) is 135 cm³/mol. The first-order valence-electron chi connectivity index (χ1n) is 12.3. The van der Waals surface area contributed by atoms with Gasteiger partial charge in [-0.2, -0.15) is 4.52 Å². The number of fused-ring (bicyclic) bond motifs is 4. The minimum absolute atomic E-state index is 0.262. The average Bonchev–Trinajstić information content (AvgIpc) is 3.57. The molecule has 2 aromatic carbocycles. The Kier molecular flexibility index (Phi) is 5.52. The molecule has 35 heavy (non-hydrogen) atoms. The number of anilines is 1. The fourth-order valence-electron chi connectivity index (χ4n) is 4.92. The molecule has 6 rings (SSSR count). The number of amides is 1. The molecule has 3 aromatic heterocycles. The molecule has 9 nitrogen and oxygen atoms in total. The van der Waals surface area contributed by atoms with Crippen LogP contribution >= 0.6 is 0 Å². The number of carbonyl (C=O) groups is 1. The third-order valence-electron chi connectivity index (χ3n) is 6.69. The van der Waals surface area contributed by atoms with Crippen LogP contribution in [-0.4, -0.2) is 59.6 Å². The number of nitrogens with one attached hydrogen (secondary N) is 1. The van der Waals surface area contributed by atoms with Gasteiger partial charge in [0.05, 0.1) is 16.6 Å². The second-order valence-corrected chi connectivity index (χ2v) is 9.03. The number of hydrogen-bond donors (Lipinski definition) is 1. The second-order valence-electron chi connectivity index (χ2n) is 9.03. The van der Waals surface area contributed by atoms with Crippen molar-refractivity contribution in [2.45, 2.75) is 39.2 Å². The molecule has 9 heteroatoms. The Hall–Kier alpha value is -4.01. The molecule has 5 aromatic rings. The molecule has 4 heterocycles. The van der Waals surface area contributed by atoms with Crippen molar-refractivity contribution in [3.05, 3.63) is 60.2 Å². The van der Waals surface area contributed by atoms with Gasteiger partial charge in [0.2, 0.25) is 11.9 Å². The summed E-state index contributed by atoms with van der Waals surface area (Å²) in [5, 5.41) is 9.23. The highest BCUT2D eigenvalue weighted by Gasteiger charge is 2.19. The SMILES string of the molecule is Cc1nc2ccccc2n1CCc1nc2c3ccccc3nc(NCCCN3CCCC3=O)n2n1. The molecule has 0 unspecified atom stereocenters. The lowest BCUT2D eigenvalue weighted by Gasteiger charge is -2.15. The number of nitrogens with zero attached hydrogens (tertiary/aromatic N) is 7. The van der Waals surface area contributed by atoms with Crippen molar-refractivity contribution >= 4 is 39.4 Å². The van der Waals surface area contributed by atoms with Crippen molar-refractivity contribution in [2.75, 3.05) is 25.0 Å². The monoisotopic (exact) mass is 468 g/mol. The van der Waals surface area contributed by atoms with Crippen LogP contribution in [0, 0.1) is 6.92 Å². The van der Waals surface area contributed by atoms with Gasteiger partial charge in [-0.05, 0) is 44.0 Å². The van der Waals surface area contributed by atoms with Crippen molar-refractivity contribution in [2.24, 2.45) is 0 Å². The van der Waals surface area contributed by atoms with Gasteiger partial charge >= 0.3 is 0 Å². The lowest BCUT2D eigenvalue weighted by atomic mass is 10.2. The van der Waals surface area contributed by atoms with Crippen molar-refractivity contribution in [1.29, 1.82) is 0 Å². The minimum Gasteiger partial charge on any atom is -0.354 e. The van der Waals surface area contributed by atoms with Crippen LogP contribution in [0.4, 0.5) is 5.95 Å². The van der Waals surface area contributed by atoms with Gasteiger partial charge in [-0.1, -0.05) is 24.3 Å². The third-order valence-corrected chi connectivity index (χ3v) is 6.69. The van der Waals surface area contributed by atoms with Gasteiger partial charge in [0.15, 0.2) is 11.5 Å². The molecule has 1 N–H and O–H groups in total. The molecule has 0 saturated carbocycles. The number of hydrogen-bond acceptors (Lipinski definition) is 6. The lowest BCUT2D eigenvalue weighted by molar-refractivity contribution is -0.127. The molecule has 0 aliphatic carbocycles. The Morgan fingerprint density at radius 3 is 2.66 bits per heavy atom. The van der Waals surface area contributed by atoms with E-state index in [1.807, 2.05) is 58.8 Å². The van der Waals surface area contributed by atoms with Gasteiger partial charge in [-0.3, -0.25) is 4.79 Å². The lowest BCUT2D eigenvalue weighted by Crippen LogP contribution is -2.27. The molecule has 0 bridgehead atoms. The number of carbonyl (C=O) groups excluding carboxylic acids is 1. The topological polar surface area (TPSA) is 93.2 Å². The first kappa shape index (κ1) is 21.5. The molecule has 1 amide bonds. The number of benzene rings is 2. The van der Waals surface area contributed by atoms with Crippen LogP contribution in [0.25, 0.3) is 27.6 Å². The number of likely N-dealkylation sites (tertiary alicyclic amines) is 1. The zero-order valence-electron chi connectivity index (χ0n) is 19.8. The Bertz CT molecular complexity index is 1540. The van der Waals surface area contributed by atoms with E-state index in [0.29, 0.717) is 25.3 Å². The van der Waals surface area contributed by atoms with Crippen LogP contribution in [0.1, 0.15) is 30.9 Å². The normalized spacial score (nSPS) is 14.1. The van der Waals surface area contributed by atoms with Crippen LogP contribution in [0.2, 0.25) is 0 Å². The number of aryl methyl sites for hydroxylation is 3. The van der Waals surface area contributed by atoms with E-state index in [4.69, 9.17) is 15.1 Å². The number of para-hydroxylation sites is 3. The fourth-order valence-corrected chi connectivity index (χ4v) is 4.92. The Morgan fingerprint density at radius 1 is 0.971 bits per heavy atom. The molecule has 0 spiro atoms. The highest BCUT2D eigenvalue weighted by Crippen LogP contribution is 2.22. The molecule has 1 aliphatic heterocycles. The molecule has 0 radical (unpaired) electrons. The maximum Gasteiger partial charge on any atom is 0.226 e. The summed E-state index contributed by atoms with van der Waals surface area (Å²) in [7, 11) is 0. The maximum absolute atomic E-state index is 11.9. The second kappa shape index (κ2) is 8.98. The standard InChI is InChI=1S/C26H28N8O/c1-18-28-21-10-4-5-11-22(21)33(18)17-13-23-30-25-19-8-2-3-9-20(19)29-26(34(25)31-23)27-14-7-16-32-15-6-12-24(32)35/h2-5,8-11H,6-7,12-17H2,1H3,(H,27,29). The molecule has 178 valence electrons. The molecule has 1 saturated heterocycles. The van der Waals surface area contributed by atoms with Crippen molar-refractivity contribution < 1.29 is 4.79 Å². The first-order valence-corrected chi connectivity index (χ1v) is 12.3. The van der Waals surface area contributed by atoms with E-state index in [-0.39, 0.29) is 5.91 Å². The Labute approximate surface area is 202 Å². The molecular formula is C26H28N8O. The van der Waals surface area contributed by atoms with E-state index in [2.05, 4.69) is 20.9 Å². The average molecular weight is 469 g/mol. The predicted octanol–water partition coefficient (Wildman–Crippen LogP) is 3.60. The van der Waals surface area contributed by atoms with E-state index in [0.717, 1.165) is 71.7 Å². The summed E-state index contributed by atoms with van der Waals surface area (Å²) in [6, 6.07) is 16.2. The number of imidazole rings is 1. The van der Waals surface area contributed by atoms with Crippen molar-refractivity contribution in [3.63, 3.8) is 0 Å². The highest BCUT2D eigenvalue weighted by atomic mass is 16.2. The zero-order chi connectivity index (χ0) is 23.8. The molecule has 1 fully saturated rings. The summed E-state index contributed by atoms with van der Waals surface area (Å²) in [6.45, 7) is 5.13. The van der Waals surface area contributed by atoms with Crippen LogP contribution < -0.4 is 5.32 Å². The summed E-state index contributed by atoms with van der Waals surface area (Å²) >= 11 is 0. The van der Waals surface area contributed by atoms with Crippen LogP contribution in [0.3, 0.4) is 0 Å². The molecule has 1 aliphatic rings. The van der Waals surface area contributed by atoms with Crippen LogP contribution in [0.5, 0.6) is 0 Å². The van der Waals surface area contributed by atoms with Crippen LogP contribution in [-0.2, 0) is 17.8 Å². The van der Waals surface area contributed by atoms with Gasteiger partial charge in [0.1, 0.15) is 5.82 Å². The van der Waals surface area contributed by atoms with E-state index in [9.17, 15) is 4.79 Å². The number of aromatic nitrogens is 6. The smallest absolute Gasteiger partial charge is 0.226 e. The third kappa shape index (κ3) is 4.07. The van der Waals surface area contributed by atoms with E-state index in [1.54, 1.807) is 0 Å². The minimum atomic E-state index is 0.262. The zero-order valence-corrected chi connectivity index (χ0v) is 19.8. The van der Waals surface area contributed by atoms with Crippen molar-refractivity contribution in [1.82, 2.24) is 34.0 Å². The van der Waals surface area contributed by atoms with Gasteiger partial charge in [-0.25, -0.2) is 15.0 Å². The summed E-state index contributed by atoms with van der Waals surface area (Å²) < 4.78 is 4.04. The summed E-state index contributed by atoms with van der Waals surface area (Å²) in [6.07, 6.45) is 3.19. The van der Waals surface area contributed by atoms with Gasteiger partial charge < -0.3 is 14.8 Å². The van der Waals surface area contributed by atoms with E-state index in [1.165, 1.54) is 0 Å².